The molecule has 0 bridgehead atoms. The average Bonchev–Trinajstić information content (AvgIpc) is 2.22. The molecule has 1 radical (unpaired) electrons. The van der Waals surface area contributed by atoms with Gasteiger partial charge >= 0.3 is 0 Å². The largest absolute Gasteiger partial charge is 0.294 e. The molecule has 1 rings (SSSR count). The van der Waals surface area contributed by atoms with Crippen LogP contribution in [0.25, 0.3) is 0 Å². The average molecular weight is 244 g/mol. The van der Waals surface area contributed by atoms with Crippen LogP contribution < -0.4 is 0 Å². The quantitative estimate of drug-likeness (QED) is 0.547. The minimum Gasteiger partial charge on any atom is -0.294 e. The van der Waals surface area contributed by atoms with Gasteiger partial charge in [0.25, 0.3) is 0 Å². The van der Waals surface area contributed by atoms with Crippen molar-refractivity contribution in [3.63, 3.8) is 0 Å². The molecule has 0 saturated heterocycles. The molecule has 1 aromatic carbocycles. The van der Waals surface area contributed by atoms with E-state index in [0.717, 1.165) is 19.3 Å². The maximum absolute atomic E-state index is 11.7. The first kappa shape index (κ1) is 12.5. The lowest BCUT2D eigenvalue weighted by molar-refractivity contribution is 0.0979. The number of Topliss-reactive ketones (excluding diaryl/α,β-unsaturated/α-hetero) is 1. The van der Waals surface area contributed by atoms with Crippen LogP contribution in [0.2, 0.25) is 10.0 Å². The van der Waals surface area contributed by atoms with E-state index in [4.69, 9.17) is 23.2 Å². The highest BCUT2D eigenvalue weighted by Crippen LogP contribution is 2.23. The first-order chi connectivity index (χ1) is 7.15. The normalized spacial score (nSPS) is 10.3. The third-order valence-corrected chi connectivity index (χ3v) is 2.88. The van der Waals surface area contributed by atoms with Gasteiger partial charge in [-0.05, 0) is 24.6 Å². The summed E-state index contributed by atoms with van der Waals surface area (Å²) in [4.78, 5) is 11.7. The van der Waals surface area contributed by atoms with Gasteiger partial charge in [0.05, 0.1) is 10.0 Å². The Hall–Kier alpha value is -0.530. The second kappa shape index (κ2) is 6.14. The number of benzene rings is 1. The molecule has 15 heavy (non-hydrogen) atoms. The van der Waals surface area contributed by atoms with Crippen LogP contribution in [0.3, 0.4) is 0 Å². The first-order valence-electron chi connectivity index (χ1n) is 4.92. The fourth-order valence-electron chi connectivity index (χ4n) is 1.28. The Morgan fingerprint density at radius 2 is 1.93 bits per heavy atom. The molecule has 0 saturated carbocycles. The molecule has 0 fully saturated rings. The number of rotatable bonds is 5. The molecule has 1 nitrogen and oxygen atoms in total. The van der Waals surface area contributed by atoms with E-state index in [0.29, 0.717) is 22.0 Å². The van der Waals surface area contributed by atoms with Crippen LogP contribution in [-0.4, -0.2) is 5.78 Å². The Morgan fingerprint density at radius 3 is 2.53 bits per heavy atom. The molecule has 0 unspecified atom stereocenters. The highest BCUT2D eigenvalue weighted by Gasteiger charge is 2.07. The predicted octanol–water partition coefficient (Wildman–Crippen LogP) is 4.57. The smallest absolute Gasteiger partial charge is 0.162 e. The molecule has 0 aliphatic rings. The van der Waals surface area contributed by atoms with Gasteiger partial charge in [-0.3, -0.25) is 4.79 Å². The van der Waals surface area contributed by atoms with Gasteiger partial charge in [-0.1, -0.05) is 43.0 Å². The minimum absolute atomic E-state index is 0.113. The summed E-state index contributed by atoms with van der Waals surface area (Å²) in [5.74, 6) is 0.113. The van der Waals surface area contributed by atoms with Gasteiger partial charge in [0.2, 0.25) is 0 Å². The zero-order valence-electron chi connectivity index (χ0n) is 8.43. The molecular formula is C12H13Cl2O. The Kier molecular flexibility index (Phi) is 5.13. The first-order valence-corrected chi connectivity index (χ1v) is 5.68. The summed E-state index contributed by atoms with van der Waals surface area (Å²) >= 11 is 11.6. The Bertz CT molecular complexity index is 347. The summed E-state index contributed by atoms with van der Waals surface area (Å²) in [5.41, 5.74) is 0.633. The highest BCUT2D eigenvalue weighted by atomic mass is 35.5. The second-order valence-electron chi connectivity index (χ2n) is 3.36. The van der Waals surface area contributed by atoms with Gasteiger partial charge < -0.3 is 0 Å². The lowest BCUT2D eigenvalue weighted by Crippen LogP contribution is -1.98. The third kappa shape index (κ3) is 3.84. The van der Waals surface area contributed by atoms with Crippen molar-refractivity contribution in [2.75, 3.05) is 0 Å². The molecule has 0 heterocycles. The lowest BCUT2D eigenvalue weighted by atomic mass is 10.1. The number of ketones is 1. The van der Waals surface area contributed by atoms with Crippen molar-refractivity contribution in [3.8, 4) is 0 Å². The maximum Gasteiger partial charge on any atom is 0.162 e. The van der Waals surface area contributed by atoms with E-state index < -0.39 is 0 Å². The van der Waals surface area contributed by atoms with Crippen LogP contribution in [0.4, 0.5) is 0 Å². The molecule has 0 aliphatic heterocycles. The number of halogens is 2. The van der Waals surface area contributed by atoms with Crippen molar-refractivity contribution in [1.82, 2.24) is 0 Å². The van der Waals surface area contributed by atoms with Gasteiger partial charge in [0.15, 0.2) is 5.78 Å². The summed E-state index contributed by atoms with van der Waals surface area (Å²) in [7, 11) is 0. The molecule has 0 N–H and O–H groups in total. The molecular weight excluding hydrogens is 231 g/mol. The van der Waals surface area contributed by atoms with Gasteiger partial charge in [-0.15, -0.1) is 0 Å². The van der Waals surface area contributed by atoms with E-state index in [1.807, 2.05) is 0 Å². The third-order valence-electron chi connectivity index (χ3n) is 2.15. The predicted molar refractivity (Wildman–Crippen MR) is 64.6 cm³/mol. The standard InChI is InChI=1S/C12H13Cl2O/c1-2-3-4-5-12(15)9-6-7-10(13)11(14)8-9/h6-8H,1-5H2. The second-order valence-corrected chi connectivity index (χ2v) is 4.18. The summed E-state index contributed by atoms with van der Waals surface area (Å²) in [6, 6.07) is 4.98. The molecule has 0 amide bonds. The number of carbonyl (C=O) groups excluding carboxylic acids is 1. The van der Waals surface area contributed by atoms with Gasteiger partial charge in [0, 0.05) is 12.0 Å². The van der Waals surface area contributed by atoms with E-state index in [1.165, 1.54) is 0 Å². The molecule has 0 aromatic heterocycles. The van der Waals surface area contributed by atoms with Crippen molar-refractivity contribution in [3.05, 3.63) is 40.7 Å². The van der Waals surface area contributed by atoms with E-state index in [9.17, 15) is 4.79 Å². The zero-order chi connectivity index (χ0) is 11.3. The van der Waals surface area contributed by atoms with Crippen molar-refractivity contribution in [1.29, 1.82) is 0 Å². The monoisotopic (exact) mass is 243 g/mol. The zero-order valence-corrected chi connectivity index (χ0v) is 9.94. The number of hydrogen-bond donors (Lipinski definition) is 0. The minimum atomic E-state index is 0.113. The topological polar surface area (TPSA) is 17.1 Å². The molecule has 1 aromatic rings. The summed E-state index contributed by atoms with van der Waals surface area (Å²) in [6.45, 7) is 3.73. The van der Waals surface area contributed by atoms with E-state index >= 15 is 0 Å². The van der Waals surface area contributed by atoms with Crippen molar-refractivity contribution in [2.45, 2.75) is 25.7 Å². The Balaban J connectivity index is 2.62. The number of unbranched alkanes of at least 4 members (excludes halogenated alkanes) is 2. The van der Waals surface area contributed by atoms with E-state index in [-0.39, 0.29) is 5.78 Å². The van der Waals surface area contributed by atoms with Crippen LogP contribution in [0.15, 0.2) is 18.2 Å². The summed E-state index contributed by atoms with van der Waals surface area (Å²) in [5, 5.41) is 0.908. The van der Waals surface area contributed by atoms with Crippen LogP contribution in [0, 0.1) is 6.92 Å². The highest BCUT2D eigenvalue weighted by molar-refractivity contribution is 6.42. The summed E-state index contributed by atoms with van der Waals surface area (Å²) in [6.07, 6.45) is 3.28. The molecule has 0 aliphatic carbocycles. The van der Waals surface area contributed by atoms with Crippen LogP contribution in [0.5, 0.6) is 0 Å². The fourth-order valence-corrected chi connectivity index (χ4v) is 1.57. The van der Waals surface area contributed by atoms with Gasteiger partial charge in [-0.2, -0.15) is 0 Å². The van der Waals surface area contributed by atoms with Crippen molar-refractivity contribution < 1.29 is 4.79 Å². The Morgan fingerprint density at radius 1 is 1.20 bits per heavy atom. The Labute approximate surface area is 100 Å². The maximum atomic E-state index is 11.7. The molecule has 81 valence electrons. The fraction of sp³-hybridized carbons (Fsp3) is 0.333. The SMILES string of the molecule is [CH2]CCCCC(=O)c1ccc(Cl)c(Cl)c1. The molecule has 3 heteroatoms. The lowest BCUT2D eigenvalue weighted by Gasteiger charge is -2.02. The molecule has 0 spiro atoms. The van der Waals surface area contributed by atoms with E-state index in [1.54, 1.807) is 18.2 Å². The summed E-state index contributed by atoms with van der Waals surface area (Å²) < 4.78 is 0. The van der Waals surface area contributed by atoms with Crippen LogP contribution >= 0.6 is 23.2 Å². The number of carbonyl (C=O) groups is 1. The van der Waals surface area contributed by atoms with Crippen LogP contribution in [-0.2, 0) is 0 Å². The van der Waals surface area contributed by atoms with Crippen LogP contribution in [0.1, 0.15) is 36.0 Å². The number of hydrogen-bond acceptors (Lipinski definition) is 1. The molecule has 0 atom stereocenters. The van der Waals surface area contributed by atoms with Gasteiger partial charge in [0.1, 0.15) is 0 Å². The van der Waals surface area contributed by atoms with Crippen molar-refractivity contribution in [2.24, 2.45) is 0 Å². The van der Waals surface area contributed by atoms with Crippen molar-refractivity contribution >= 4 is 29.0 Å². The van der Waals surface area contributed by atoms with E-state index in [2.05, 4.69) is 6.92 Å². The van der Waals surface area contributed by atoms with Gasteiger partial charge in [-0.25, -0.2) is 0 Å².